The van der Waals surface area contributed by atoms with Crippen LogP contribution in [0.15, 0.2) is 48.5 Å². The summed E-state index contributed by atoms with van der Waals surface area (Å²) in [5.41, 5.74) is 10.5. The predicted octanol–water partition coefficient (Wildman–Crippen LogP) is 4.29. The summed E-state index contributed by atoms with van der Waals surface area (Å²) in [6, 6.07) is 15.4. The zero-order valence-electron chi connectivity index (χ0n) is 11.0. The van der Waals surface area contributed by atoms with Gasteiger partial charge in [0, 0.05) is 27.5 Å². The molecule has 1 aromatic heterocycles. The van der Waals surface area contributed by atoms with Gasteiger partial charge in [-0.1, -0.05) is 41.9 Å². The number of rotatable bonds is 2. The number of aryl methyl sites for hydroxylation is 1. The number of hydrogen-bond acceptors (Lipinski definition) is 2. The van der Waals surface area contributed by atoms with E-state index in [1.54, 1.807) is 12.1 Å². The highest BCUT2D eigenvalue weighted by Crippen LogP contribution is 2.30. The van der Waals surface area contributed by atoms with Gasteiger partial charge < -0.3 is 10.7 Å². The van der Waals surface area contributed by atoms with E-state index in [0.717, 1.165) is 28.3 Å². The van der Waals surface area contributed by atoms with Gasteiger partial charge >= 0.3 is 0 Å². The largest absolute Gasteiger partial charge is 0.398 e. The lowest BCUT2D eigenvalue weighted by Gasteiger charge is -2.02. The first-order valence-corrected chi connectivity index (χ1v) is 6.70. The summed E-state index contributed by atoms with van der Waals surface area (Å²) in [6.45, 7) is 2.00. The van der Waals surface area contributed by atoms with Crippen LogP contribution in [0.3, 0.4) is 0 Å². The fourth-order valence-corrected chi connectivity index (χ4v) is 2.37. The van der Waals surface area contributed by atoms with Gasteiger partial charge in [-0.25, -0.2) is 4.98 Å². The molecule has 0 saturated heterocycles. The maximum Gasteiger partial charge on any atom is 0.140 e. The Morgan fingerprint density at radius 2 is 1.85 bits per heavy atom. The summed E-state index contributed by atoms with van der Waals surface area (Å²) in [5, 5.41) is 0.643. The number of H-pyrrole nitrogens is 1. The molecule has 0 aliphatic heterocycles. The highest BCUT2D eigenvalue weighted by molar-refractivity contribution is 6.31. The molecule has 2 aromatic carbocycles. The minimum absolute atomic E-state index is 0.643. The van der Waals surface area contributed by atoms with E-state index in [-0.39, 0.29) is 0 Å². The van der Waals surface area contributed by atoms with Crippen LogP contribution in [0.25, 0.3) is 22.6 Å². The van der Waals surface area contributed by atoms with Gasteiger partial charge in [-0.15, -0.1) is 0 Å². The molecule has 0 amide bonds. The van der Waals surface area contributed by atoms with Crippen LogP contribution in [0.5, 0.6) is 0 Å². The summed E-state index contributed by atoms with van der Waals surface area (Å²) in [4.78, 5) is 7.94. The normalized spacial score (nSPS) is 10.7. The number of hydrogen-bond donors (Lipinski definition) is 2. The van der Waals surface area contributed by atoms with E-state index in [9.17, 15) is 0 Å². The summed E-state index contributed by atoms with van der Waals surface area (Å²) in [5.74, 6) is 0.737. The first kappa shape index (κ1) is 12.8. The minimum Gasteiger partial charge on any atom is -0.398 e. The molecule has 3 aromatic rings. The van der Waals surface area contributed by atoms with Crippen molar-refractivity contribution in [2.45, 2.75) is 6.92 Å². The Labute approximate surface area is 122 Å². The molecule has 0 spiro atoms. The number of aromatic amines is 1. The van der Waals surface area contributed by atoms with Crippen LogP contribution in [0.2, 0.25) is 5.02 Å². The molecule has 1 heterocycles. The molecule has 100 valence electrons. The van der Waals surface area contributed by atoms with Crippen molar-refractivity contribution in [3.63, 3.8) is 0 Å². The molecule has 4 heteroatoms. The number of nitrogens with zero attached hydrogens (tertiary/aromatic N) is 1. The van der Waals surface area contributed by atoms with Crippen molar-refractivity contribution < 1.29 is 0 Å². The summed E-state index contributed by atoms with van der Waals surface area (Å²) in [6.07, 6.45) is 0. The molecule has 3 N–H and O–H groups in total. The number of anilines is 1. The van der Waals surface area contributed by atoms with Crippen LogP contribution < -0.4 is 5.73 Å². The summed E-state index contributed by atoms with van der Waals surface area (Å²) in [7, 11) is 0. The molecular formula is C16H14ClN3. The average Bonchev–Trinajstić information content (AvgIpc) is 2.84. The molecule has 0 radical (unpaired) electrons. The van der Waals surface area contributed by atoms with E-state index < -0.39 is 0 Å². The second-order valence-electron chi connectivity index (χ2n) is 4.66. The first-order valence-electron chi connectivity index (χ1n) is 6.32. The second-order valence-corrected chi connectivity index (χ2v) is 5.09. The Morgan fingerprint density at radius 1 is 1.10 bits per heavy atom. The summed E-state index contributed by atoms with van der Waals surface area (Å²) >= 11 is 6.03. The van der Waals surface area contributed by atoms with Crippen molar-refractivity contribution in [1.29, 1.82) is 0 Å². The molecule has 0 aliphatic carbocycles. The average molecular weight is 284 g/mol. The fraction of sp³-hybridized carbons (Fsp3) is 0.0625. The zero-order valence-corrected chi connectivity index (χ0v) is 11.8. The topological polar surface area (TPSA) is 54.7 Å². The zero-order chi connectivity index (χ0) is 14.1. The number of nitrogens with two attached hydrogens (primary N) is 1. The van der Waals surface area contributed by atoms with Gasteiger partial charge in [-0.2, -0.15) is 0 Å². The van der Waals surface area contributed by atoms with Crippen molar-refractivity contribution in [3.05, 3.63) is 59.2 Å². The third kappa shape index (κ3) is 2.28. The van der Waals surface area contributed by atoms with Gasteiger partial charge in [0.25, 0.3) is 0 Å². The minimum atomic E-state index is 0.643. The van der Waals surface area contributed by atoms with Crippen LogP contribution in [-0.4, -0.2) is 9.97 Å². The Balaban J connectivity index is 2.11. The van der Waals surface area contributed by atoms with Crippen molar-refractivity contribution in [3.8, 4) is 22.6 Å². The van der Waals surface area contributed by atoms with Crippen molar-refractivity contribution in [2.24, 2.45) is 0 Å². The highest BCUT2D eigenvalue weighted by Gasteiger charge is 2.12. The predicted molar refractivity (Wildman–Crippen MR) is 83.6 cm³/mol. The number of benzene rings is 2. The Morgan fingerprint density at radius 3 is 2.60 bits per heavy atom. The van der Waals surface area contributed by atoms with Gasteiger partial charge in [-0.05, 0) is 25.1 Å². The standard InChI is InChI=1S/C16H14ClN3/c1-10-15(11-5-3-2-4-6-11)20-16(19-10)13-9-12(17)7-8-14(13)18/h2-9H,18H2,1H3,(H,19,20). The maximum absolute atomic E-state index is 6.03. The molecule has 0 fully saturated rings. The molecule has 3 rings (SSSR count). The highest BCUT2D eigenvalue weighted by atomic mass is 35.5. The van der Waals surface area contributed by atoms with Gasteiger partial charge in [0.1, 0.15) is 5.82 Å². The van der Waals surface area contributed by atoms with E-state index in [1.165, 1.54) is 0 Å². The number of halogens is 1. The molecular weight excluding hydrogens is 270 g/mol. The SMILES string of the molecule is Cc1[nH]c(-c2cc(Cl)ccc2N)nc1-c1ccccc1. The van der Waals surface area contributed by atoms with E-state index in [1.807, 2.05) is 43.3 Å². The van der Waals surface area contributed by atoms with E-state index in [2.05, 4.69) is 9.97 Å². The third-order valence-corrected chi connectivity index (χ3v) is 3.44. The fourth-order valence-electron chi connectivity index (χ4n) is 2.20. The number of imidazole rings is 1. The van der Waals surface area contributed by atoms with Crippen LogP contribution in [-0.2, 0) is 0 Å². The third-order valence-electron chi connectivity index (χ3n) is 3.20. The number of nitrogen functional groups attached to an aromatic ring is 1. The second kappa shape index (κ2) is 5.02. The van der Waals surface area contributed by atoms with Gasteiger partial charge in [0.15, 0.2) is 0 Å². The van der Waals surface area contributed by atoms with Crippen LogP contribution in [0.1, 0.15) is 5.69 Å². The van der Waals surface area contributed by atoms with Crippen LogP contribution in [0.4, 0.5) is 5.69 Å². The molecule has 20 heavy (non-hydrogen) atoms. The van der Waals surface area contributed by atoms with E-state index >= 15 is 0 Å². The Bertz CT molecular complexity index is 748. The number of aromatic nitrogens is 2. The molecule has 0 aliphatic rings. The van der Waals surface area contributed by atoms with Crippen LogP contribution >= 0.6 is 11.6 Å². The maximum atomic E-state index is 6.03. The van der Waals surface area contributed by atoms with Crippen molar-refractivity contribution >= 4 is 17.3 Å². The lowest BCUT2D eigenvalue weighted by atomic mass is 10.1. The van der Waals surface area contributed by atoms with Crippen molar-refractivity contribution in [2.75, 3.05) is 5.73 Å². The molecule has 3 nitrogen and oxygen atoms in total. The van der Waals surface area contributed by atoms with Crippen molar-refractivity contribution in [1.82, 2.24) is 9.97 Å². The molecule has 0 saturated carbocycles. The van der Waals surface area contributed by atoms with Crippen LogP contribution in [0, 0.1) is 6.92 Å². The number of nitrogens with one attached hydrogen (secondary N) is 1. The lowest BCUT2D eigenvalue weighted by molar-refractivity contribution is 1.26. The van der Waals surface area contributed by atoms with Gasteiger partial charge in [0.2, 0.25) is 0 Å². The Hall–Kier alpha value is -2.26. The monoisotopic (exact) mass is 283 g/mol. The lowest BCUT2D eigenvalue weighted by Crippen LogP contribution is -1.91. The quantitative estimate of drug-likeness (QED) is 0.689. The molecule has 0 atom stereocenters. The smallest absolute Gasteiger partial charge is 0.140 e. The first-order chi connectivity index (χ1) is 9.65. The van der Waals surface area contributed by atoms with E-state index in [0.29, 0.717) is 10.7 Å². The molecule has 0 unspecified atom stereocenters. The Kier molecular flexibility index (Phi) is 3.20. The van der Waals surface area contributed by atoms with E-state index in [4.69, 9.17) is 17.3 Å². The van der Waals surface area contributed by atoms with Gasteiger partial charge in [0.05, 0.1) is 5.69 Å². The van der Waals surface area contributed by atoms with Gasteiger partial charge in [-0.3, -0.25) is 0 Å². The summed E-state index contributed by atoms with van der Waals surface area (Å²) < 4.78 is 0. The molecule has 0 bridgehead atoms.